The van der Waals surface area contributed by atoms with Gasteiger partial charge in [-0.2, -0.15) is 0 Å². The fraction of sp³-hybridized carbons (Fsp3) is 0.524. The van der Waals surface area contributed by atoms with Gasteiger partial charge < -0.3 is 14.7 Å². The molecule has 0 unspecified atom stereocenters. The zero-order valence-corrected chi connectivity index (χ0v) is 16.6. The molecule has 7 heteroatoms. The molecule has 4 rings (SSSR count). The van der Waals surface area contributed by atoms with Crippen molar-refractivity contribution in [1.82, 2.24) is 20.3 Å². The Balaban J connectivity index is 1.29. The molecule has 28 heavy (non-hydrogen) atoms. The van der Waals surface area contributed by atoms with Crippen molar-refractivity contribution in [2.75, 3.05) is 39.8 Å². The molecule has 1 aromatic heterocycles. The minimum Gasteiger partial charge on any atom is -0.361 e. The Morgan fingerprint density at radius 1 is 1.25 bits per heavy atom. The van der Waals surface area contributed by atoms with E-state index in [4.69, 9.17) is 4.52 Å². The number of nitrogens with one attached hydrogen (secondary N) is 1. The van der Waals surface area contributed by atoms with Gasteiger partial charge in [0.1, 0.15) is 11.6 Å². The third-order valence-corrected chi connectivity index (χ3v) is 5.82. The van der Waals surface area contributed by atoms with Crippen LogP contribution in [0, 0.1) is 12.7 Å². The molecular formula is C21H28FN5O. The molecule has 1 aromatic carbocycles. The molecule has 1 aliphatic carbocycles. The second-order valence-corrected chi connectivity index (χ2v) is 7.88. The van der Waals surface area contributed by atoms with Gasteiger partial charge in [0.15, 0.2) is 5.96 Å². The fourth-order valence-corrected chi connectivity index (χ4v) is 3.96. The van der Waals surface area contributed by atoms with Crippen molar-refractivity contribution in [3.63, 3.8) is 0 Å². The lowest BCUT2D eigenvalue weighted by Crippen LogP contribution is -2.53. The van der Waals surface area contributed by atoms with Crippen molar-refractivity contribution in [3.8, 4) is 0 Å². The third kappa shape index (κ3) is 4.19. The number of guanidine groups is 1. The summed E-state index contributed by atoms with van der Waals surface area (Å²) in [6.45, 7) is 7.29. The smallest absolute Gasteiger partial charge is 0.193 e. The number of halogens is 1. The average molecular weight is 385 g/mol. The van der Waals surface area contributed by atoms with Gasteiger partial charge in [-0.25, -0.2) is 4.39 Å². The highest BCUT2D eigenvalue weighted by Crippen LogP contribution is 2.47. The summed E-state index contributed by atoms with van der Waals surface area (Å²) in [6, 6.07) is 9.00. The molecule has 150 valence electrons. The minimum atomic E-state index is -0.161. The highest BCUT2D eigenvalue weighted by molar-refractivity contribution is 5.80. The zero-order valence-electron chi connectivity index (χ0n) is 16.6. The molecule has 1 saturated carbocycles. The Labute approximate surface area is 165 Å². The van der Waals surface area contributed by atoms with E-state index in [-0.39, 0.29) is 11.2 Å². The van der Waals surface area contributed by atoms with Crippen LogP contribution >= 0.6 is 0 Å². The molecule has 2 aromatic rings. The Hall–Kier alpha value is -2.41. The Morgan fingerprint density at radius 2 is 2.04 bits per heavy atom. The molecule has 2 aliphatic rings. The van der Waals surface area contributed by atoms with Crippen LogP contribution in [0.2, 0.25) is 0 Å². The van der Waals surface area contributed by atoms with E-state index < -0.39 is 0 Å². The van der Waals surface area contributed by atoms with E-state index in [1.54, 1.807) is 12.1 Å². The number of aliphatic imine (C=N–C) groups is 1. The standard InChI is InChI=1S/C21H28FN5O/c1-16-12-19(25-28-16)14-26-8-10-27(11-9-26)20(23-2)24-15-21(6-7-21)17-4-3-5-18(22)13-17/h3-5,12-13H,6-11,14-15H2,1-2H3,(H,23,24). The van der Waals surface area contributed by atoms with Gasteiger partial charge in [0, 0.05) is 57.8 Å². The van der Waals surface area contributed by atoms with E-state index >= 15 is 0 Å². The molecule has 0 atom stereocenters. The maximum absolute atomic E-state index is 13.6. The minimum absolute atomic E-state index is 0.0463. The summed E-state index contributed by atoms with van der Waals surface area (Å²) in [6.07, 6.45) is 2.18. The van der Waals surface area contributed by atoms with Crippen molar-refractivity contribution < 1.29 is 8.91 Å². The highest BCUT2D eigenvalue weighted by Gasteiger charge is 2.44. The van der Waals surface area contributed by atoms with Gasteiger partial charge in [-0.05, 0) is 37.5 Å². The third-order valence-electron chi connectivity index (χ3n) is 5.82. The van der Waals surface area contributed by atoms with Crippen molar-refractivity contribution in [1.29, 1.82) is 0 Å². The maximum atomic E-state index is 13.6. The van der Waals surface area contributed by atoms with Crippen LogP contribution in [0.15, 0.2) is 39.8 Å². The molecule has 1 saturated heterocycles. The van der Waals surface area contributed by atoms with Gasteiger partial charge in [-0.1, -0.05) is 17.3 Å². The van der Waals surface area contributed by atoms with Crippen LogP contribution < -0.4 is 5.32 Å². The van der Waals surface area contributed by atoms with Crippen molar-refractivity contribution >= 4 is 5.96 Å². The number of aryl methyl sites for hydroxylation is 1. The molecule has 0 amide bonds. The van der Waals surface area contributed by atoms with Crippen LogP contribution in [0.3, 0.4) is 0 Å². The number of hydrogen-bond acceptors (Lipinski definition) is 4. The number of rotatable bonds is 5. The highest BCUT2D eigenvalue weighted by atomic mass is 19.1. The average Bonchev–Trinajstić information content (AvgIpc) is 3.39. The molecule has 2 fully saturated rings. The van der Waals surface area contributed by atoms with E-state index in [0.717, 1.165) is 75.1 Å². The van der Waals surface area contributed by atoms with Gasteiger partial charge in [0.25, 0.3) is 0 Å². The monoisotopic (exact) mass is 385 g/mol. The normalized spacial score (nSPS) is 19.7. The summed E-state index contributed by atoms with van der Waals surface area (Å²) in [4.78, 5) is 9.16. The van der Waals surface area contributed by atoms with Crippen molar-refractivity contribution in [2.24, 2.45) is 4.99 Å². The quantitative estimate of drug-likeness (QED) is 0.633. The second-order valence-electron chi connectivity index (χ2n) is 7.88. The molecule has 1 N–H and O–H groups in total. The van der Waals surface area contributed by atoms with Crippen LogP contribution in [-0.2, 0) is 12.0 Å². The summed E-state index contributed by atoms with van der Waals surface area (Å²) in [5, 5.41) is 7.62. The van der Waals surface area contributed by atoms with Gasteiger partial charge in [0.2, 0.25) is 0 Å². The van der Waals surface area contributed by atoms with Crippen LogP contribution in [0.5, 0.6) is 0 Å². The van der Waals surface area contributed by atoms with E-state index in [2.05, 4.69) is 25.3 Å². The summed E-state index contributed by atoms with van der Waals surface area (Å²) in [5.41, 5.74) is 2.12. The van der Waals surface area contributed by atoms with Gasteiger partial charge in [-0.15, -0.1) is 0 Å². The second kappa shape index (κ2) is 7.91. The summed E-state index contributed by atoms with van der Waals surface area (Å²) in [7, 11) is 1.83. The molecule has 0 bridgehead atoms. The zero-order chi connectivity index (χ0) is 19.6. The predicted molar refractivity (Wildman–Crippen MR) is 107 cm³/mol. The topological polar surface area (TPSA) is 56.9 Å². The first-order chi connectivity index (χ1) is 13.6. The number of hydrogen-bond donors (Lipinski definition) is 1. The van der Waals surface area contributed by atoms with Crippen LogP contribution in [-0.4, -0.2) is 60.7 Å². The Morgan fingerprint density at radius 3 is 2.64 bits per heavy atom. The van der Waals surface area contributed by atoms with Gasteiger partial charge >= 0.3 is 0 Å². The maximum Gasteiger partial charge on any atom is 0.193 e. The van der Waals surface area contributed by atoms with Crippen molar-refractivity contribution in [2.45, 2.75) is 31.7 Å². The number of piperazine rings is 1. The molecule has 2 heterocycles. The van der Waals surface area contributed by atoms with Gasteiger partial charge in [0.05, 0.1) is 5.69 Å². The van der Waals surface area contributed by atoms with Crippen LogP contribution in [0.4, 0.5) is 4.39 Å². The lowest BCUT2D eigenvalue weighted by Gasteiger charge is -2.36. The van der Waals surface area contributed by atoms with E-state index in [9.17, 15) is 4.39 Å². The van der Waals surface area contributed by atoms with E-state index in [0.29, 0.717) is 0 Å². The summed E-state index contributed by atoms with van der Waals surface area (Å²) in [5.74, 6) is 1.62. The first-order valence-corrected chi connectivity index (χ1v) is 9.94. The SMILES string of the molecule is CN=C(NCC1(c2cccc(F)c2)CC1)N1CCN(Cc2cc(C)on2)CC1. The molecule has 0 radical (unpaired) electrons. The molecular weight excluding hydrogens is 357 g/mol. The Bertz CT molecular complexity index is 837. The lowest BCUT2D eigenvalue weighted by molar-refractivity contribution is 0.169. The molecule has 6 nitrogen and oxygen atoms in total. The van der Waals surface area contributed by atoms with Gasteiger partial charge in [-0.3, -0.25) is 9.89 Å². The molecule has 1 aliphatic heterocycles. The number of nitrogens with zero attached hydrogens (tertiary/aromatic N) is 4. The Kier molecular flexibility index (Phi) is 5.35. The van der Waals surface area contributed by atoms with Crippen LogP contribution in [0.25, 0.3) is 0 Å². The van der Waals surface area contributed by atoms with Crippen molar-refractivity contribution in [3.05, 3.63) is 53.2 Å². The van der Waals surface area contributed by atoms with E-state index in [1.807, 2.05) is 26.1 Å². The fourth-order valence-electron chi connectivity index (χ4n) is 3.96. The molecule has 0 spiro atoms. The number of benzene rings is 1. The first kappa shape index (κ1) is 18.9. The van der Waals surface area contributed by atoms with E-state index in [1.165, 1.54) is 6.07 Å². The van der Waals surface area contributed by atoms with Crippen LogP contribution in [0.1, 0.15) is 29.9 Å². The predicted octanol–water partition coefficient (Wildman–Crippen LogP) is 2.55. The summed E-state index contributed by atoms with van der Waals surface area (Å²) < 4.78 is 18.8. The largest absolute Gasteiger partial charge is 0.361 e. The summed E-state index contributed by atoms with van der Waals surface area (Å²) >= 11 is 0. The first-order valence-electron chi connectivity index (χ1n) is 9.94. The number of aromatic nitrogens is 1. The lowest BCUT2D eigenvalue weighted by atomic mass is 9.96.